The molecule has 1 N–H and O–H groups in total. The lowest BCUT2D eigenvalue weighted by Crippen LogP contribution is -2.28. The van der Waals surface area contributed by atoms with Crippen LogP contribution < -0.4 is 4.72 Å². The fourth-order valence-corrected chi connectivity index (χ4v) is 4.34. The summed E-state index contributed by atoms with van der Waals surface area (Å²) in [6.45, 7) is 1.34. The van der Waals surface area contributed by atoms with Crippen molar-refractivity contribution in [3.8, 4) is 0 Å². The minimum Gasteiger partial charge on any atom is -0.355 e. The molecule has 27 heavy (non-hydrogen) atoms. The van der Waals surface area contributed by atoms with Gasteiger partial charge in [0.1, 0.15) is 0 Å². The third-order valence-electron chi connectivity index (χ3n) is 4.42. The van der Waals surface area contributed by atoms with Gasteiger partial charge in [-0.1, -0.05) is 22.8 Å². The Kier molecular flexibility index (Phi) is 4.53. The van der Waals surface area contributed by atoms with Crippen molar-refractivity contribution in [1.29, 1.82) is 0 Å². The number of nitrogens with one attached hydrogen (secondary N) is 1. The normalized spacial score (nSPS) is 14.6. The van der Waals surface area contributed by atoms with Gasteiger partial charge in [-0.3, -0.25) is 9.52 Å². The summed E-state index contributed by atoms with van der Waals surface area (Å²) in [6, 6.07) is 10.7. The molecule has 0 unspecified atom stereocenters. The second kappa shape index (κ2) is 6.86. The lowest BCUT2D eigenvalue weighted by Gasteiger charge is -2.13. The van der Waals surface area contributed by atoms with E-state index in [1.165, 1.54) is 24.3 Å². The van der Waals surface area contributed by atoms with Gasteiger partial charge in [-0.2, -0.15) is 0 Å². The largest absolute Gasteiger partial charge is 0.355 e. The van der Waals surface area contributed by atoms with Crippen LogP contribution in [0.5, 0.6) is 0 Å². The van der Waals surface area contributed by atoms with Gasteiger partial charge in [-0.15, -0.1) is 0 Å². The molecule has 1 saturated heterocycles. The number of anilines is 1. The number of benzene rings is 2. The number of likely N-dealkylation sites (tertiary alicyclic amines) is 1. The Morgan fingerprint density at radius 1 is 1.15 bits per heavy atom. The van der Waals surface area contributed by atoms with Crippen molar-refractivity contribution in [2.75, 3.05) is 17.8 Å². The third kappa shape index (κ3) is 3.50. The first-order chi connectivity index (χ1) is 12.9. The number of amides is 1. The first-order valence-corrected chi connectivity index (χ1v) is 10.3. The zero-order valence-corrected chi connectivity index (χ0v) is 15.8. The molecule has 1 aliphatic heterocycles. The van der Waals surface area contributed by atoms with Crippen LogP contribution in [0.25, 0.3) is 11.0 Å². The SMILES string of the molecule is O=C(c1noc2ccc(S(=O)(=O)Nc3cccc(Cl)c3)cc12)N1CCCC1. The highest BCUT2D eigenvalue weighted by atomic mass is 35.5. The molecule has 1 aromatic heterocycles. The molecule has 4 rings (SSSR count). The molecule has 1 fully saturated rings. The van der Waals surface area contributed by atoms with Crippen LogP contribution >= 0.6 is 11.6 Å². The first-order valence-electron chi connectivity index (χ1n) is 8.41. The molecule has 1 amide bonds. The molecule has 0 bridgehead atoms. The summed E-state index contributed by atoms with van der Waals surface area (Å²) in [6.07, 6.45) is 1.90. The number of nitrogens with zero attached hydrogens (tertiary/aromatic N) is 2. The summed E-state index contributed by atoms with van der Waals surface area (Å²) in [7, 11) is -3.86. The maximum Gasteiger partial charge on any atom is 0.276 e. The topological polar surface area (TPSA) is 92.5 Å². The van der Waals surface area contributed by atoms with Crippen LogP contribution in [-0.2, 0) is 10.0 Å². The molecule has 140 valence electrons. The molecule has 1 aliphatic rings. The molecule has 0 radical (unpaired) electrons. The molecule has 0 atom stereocenters. The van der Waals surface area contributed by atoms with Crippen LogP contribution in [0.3, 0.4) is 0 Å². The molecule has 2 heterocycles. The Hall–Kier alpha value is -2.58. The molecule has 3 aromatic rings. The summed E-state index contributed by atoms with van der Waals surface area (Å²) in [5, 5.41) is 4.66. The molecule has 0 saturated carbocycles. The molecule has 0 spiro atoms. The molecule has 7 nitrogen and oxygen atoms in total. The summed E-state index contributed by atoms with van der Waals surface area (Å²) in [5.41, 5.74) is 0.840. The van der Waals surface area contributed by atoms with Crippen LogP contribution in [0.15, 0.2) is 51.9 Å². The fourth-order valence-electron chi connectivity index (χ4n) is 3.08. The smallest absolute Gasteiger partial charge is 0.276 e. The van der Waals surface area contributed by atoms with Crippen LogP contribution in [-0.4, -0.2) is 37.5 Å². The van der Waals surface area contributed by atoms with Gasteiger partial charge >= 0.3 is 0 Å². The van der Waals surface area contributed by atoms with Crippen molar-refractivity contribution in [1.82, 2.24) is 10.1 Å². The zero-order chi connectivity index (χ0) is 19.0. The van der Waals surface area contributed by atoms with Gasteiger partial charge in [-0.05, 0) is 49.2 Å². The quantitative estimate of drug-likeness (QED) is 0.716. The molecule has 0 aliphatic carbocycles. The maximum atomic E-state index is 12.7. The van der Waals surface area contributed by atoms with Gasteiger partial charge in [0.15, 0.2) is 11.3 Å². The highest BCUT2D eigenvalue weighted by Crippen LogP contribution is 2.26. The second-order valence-corrected chi connectivity index (χ2v) is 8.42. The minimum atomic E-state index is -3.86. The Labute approximate surface area is 160 Å². The molecule has 9 heteroatoms. The van der Waals surface area contributed by atoms with Crippen LogP contribution in [0.2, 0.25) is 5.02 Å². The predicted octanol–water partition coefficient (Wildman–Crippen LogP) is 3.52. The summed E-state index contributed by atoms with van der Waals surface area (Å²) >= 11 is 5.90. The van der Waals surface area contributed by atoms with Crippen molar-refractivity contribution >= 4 is 44.2 Å². The summed E-state index contributed by atoms with van der Waals surface area (Å²) in [4.78, 5) is 14.3. The third-order valence-corrected chi connectivity index (χ3v) is 6.04. The van der Waals surface area contributed by atoms with E-state index >= 15 is 0 Å². The van der Waals surface area contributed by atoms with E-state index in [1.807, 2.05) is 0 Å². The standard InChI is InChI=1S/C18H16ClN3O4S/c19-12-4-3-5-13(10-12)21-27(24,25)14-6-7-16-15(11-14)17(20-26-16)18(23)22-8-1-2-9-22/h3-7,10-11,21H,1-2,8-9H2. The number of aromatic nitrogens is 1. The number of carbonyl (C=O) groups excluding carboxylic acids is 1. The highest BCUT2D eigenvalue weighted by Gasteiger charge is 2.26. The number of hydrogen-bond donors (Lipinski definition) is 1. The van der Waals surface area contributed by atoms with Crippen LogP contribution in [0.1, 0.15) is 23.3 Å². The second-order valence-electron chi connectivity index (χ2n) is 6.30. The lowest BCUT2D eigenvalue weighted by molar-refractivity contribution is 0.0784. The van der Waals surface area contributed by atoms with Gasteiger partial charge in [0.05, 0.1) is 16.0 Å². The van der Waals surface area contributed by atoms with E-state index in [2.05, 4.69) is 9.88 Å². The number of rotatable bonds is 4. The Bertz CT molecular complexity index is 1120. The van der Waals surface area contributed by atoms with E-state index in [-0.39, 0.29) is 16.5 Å². The first kappa shape index (κ1) is 17.8. The van der Waals surface area contributed by atoms with Crippen molar-refractivity contribution in [2.45, 2.75) is 17.7 Å². The summed E-state index contributed by atoms with van der Waals surface area (Å²) < 4.78 is 33.1. The number of hydrogen-bond acceptors (Lipinski definition) is 5. The minimum absolute atomic E-state index is 0.00801. The van der Waals surface area contributed by atoms with Crippen LogP contribution in [0, 0.1) is 0 Å². The van der Waals surface area contributed by atoms with E-state index in [0.29, 0.717) is 34.8 Å². The Morgan fingerprint density at radius 3 is 2.67 bits per heavy atom. The van der Waals surface area contributed by atoms with Crippen LogP contribution in [0.4, 0.5) is 5.69 Å². The Balaban J connectivity index is 1.70. The van der Waals surface area contributed by atoms with Gasteiger partial charge in [0.25, 0.3) is 15.9 Å². The number of sulfonamides is 1. The van der Waals surface area contributed by atoms with Crippen molar-refractivity contribution in [2.24, 2.45) is 0 Å². The number of fused-ring (bicyclic) bond motifs is 1. The maximum absolute atomic E-state index is 12.7. The van der Waals surface area contributed by atoms with E-state index in [1.54, 1.807) is 23.1 Å². The predicted molar refractivity (Wildman–Crippen MR) is 101 cm³/mol. The van der Waals surface area contributed by atoms with Crippen molar-refractivity contribution < 1.29 is 17.7 Å². The number of carbonyl (C=O) groups is 1. The monoisotopic (exact) mass is 405 g/mol. The van der Waals surface area contributed by atoms with Crippen molar-refractivity contribution in [3.63, 3.8) is 0 Å². The lowest BCUT2D eigenvalue weighted by atomic mass is 10.2. The van der Waals surface area contributed by atoms with Gasteiger partial charge in [0.2, 0.25) is 0 Å². The molecule has 2 aromatic carbocycles. The summed E-state index contributed by atoms with van der Waals surface area (Å²) in [5.74, 6) is -0.247. The van der Waals surface area contributed by atoms with E-state index < -0.39 is 10.0 Å². The fraction of sp³-hybridized carbons (Fsp3) is 0.222. The van der Waals surface area contributed by atoms with E-state index in [0.717, 1.165) is 12.8 Å². The number of halogens is 1. The zero-order valence-electron chi connectivity index (χ0n) is 14.2. The van der Waals surface area contributed by atoms with Gasteiger partial charge < -0.3 is 9.42 Å². The van der Waals surface area contributed by atoms with E-state index in [9.17, 15) is 13.2 Å². The molecular weight excluding hydrogens is 390 g/mol. The molecular formula is C18H16ClN3O4S. The average Bonchev–Trinajstić information content (AvgIpc) is 3.30. The highest BCUT2D eigenvalue weighted by molar-refractivity contribution is 7.92. The van der Waals surface area contributed by atoms with Crippen molar-refractivity contribution in [3.05, 3.63) is 53.2 Å². The van der Waals surface area contributed by atoms with Gasteiger partial charge in [-0.25, -0.2) is 8.42 Å². The Morgan fingerprint density at radius 2 is 1.93 bits per heavy atom. The van der Waals surface area contributed by atoms with E-state index in [4.69, 9.17) is 16.1 Å². The van der Waals surface area contributed by atoms with Gasteiger partial charge in [0, 0.05) is 18.1 Å². The average molecular weight is 406 g/mol.